The van der Waals surface area contributed by atoms with Gasteiger partial charge in [0.15, 0.2) is 6.61 Å². The fourth-order valence-electron chi connectivity index (χ4n) is 3.38. The third-order valence-corrected chi connectivity index (χ3v) is 6.37. The van der Waals surface area contributed by atoms with E-state index in [2.05, 4.69) is 15.4 Å². The van der Waals surface area contributed by atoms with Gasteiger partial charge in [0.2, 0.25) is 0 Å². The van der Waals surface area contributed by atoms with E-state index in [1.807, 2.05) is 0 Å². The maximum atomic E-state index is 12.7. The highest BCUT2D eigenvalue weighted by Crippen LogP contribution is 2.23. The first kappa shape index (κ1) is 24.6. The first-order valence-corrected chi connectivity index (χ1v) is 11.8. The second kappa shape index (κ2) is 10.7. The first-order chi connectivity index (χ1) is 16.2. The van der Waals surface area contributed by atoms with E-state index in [1.165, 1.54) is 30.3 Å². The molecule has 1 saturated carbocycles. The Hall–Kier alpha value is -4.00. The Morgan fingerprint density at radius 2 is 1.76 bits per heavy atom. The maximum Gasteiger partial charge on any atom is 0.340 e. The molecule has 0 heterocycles. The molecule has 12 nitrogen and oxygen atoms in total. The van der Waals surface area contributed by atoms with Crippen molar-refractivity contribution in [3.8, 4) is 0 Å². The van der Waals surface area contributed by atoms with E-state index in [1.54, 1.807) is 0 Å². The lowest BCUT2D eigenvalue weighted by Crippen LogP contribution is -2.45. The number of hydrogen-bond acceptors (Lipinski definition) is 8. The zero-order valence-electron chi connectivity index (χ0n) is 17.9. The molecule has 180 valence electrons. The van der Waals surface area contributed by atoms with Crippen LogP contribution >= 0.6 is 0 Å². The van der Waals surface area contributed by atoms with Gasteiger partial charge in [-0.15, -0.1) is 0 Å². The number of urea groups is 1. The Balaban J connectivity index is 1.63. The molecular formula is C21H22N4O8S. The number of nitrogens with zero attached hydrogens (tertiary/aromatic N) is 1. The molecule has 34 heavy (non-hydrogen) atoms. The van der Waals surface area contributed by atoms with Gasteiger partial charge in [-0.25, -0.2) is 18.0 Å². The van der Waals surface area contributed by atoms with E-state index < -0.39 is 45.1 Å². The minimum Gasteiger partial charge on any atom is -0.452 e. The summed E-state index contributed by atoms with van der Waals surface area (Å²) in [6.07, 6.45) is 3.67. The third-order valence-electron chi connectivity index (χ3n) is 5.01. The number of nitro groups is 1. The van der Waals surface area contributed by atoms with E-state index in [4.69, 9.17) is 4.74 Å². The fourth-order valence-corrected chi connectivity index (χ4v) is 4.50. The van der Waals surface area contributed by atoms with E-state index >= 15 is 0 Å². The minimum atomic E-state index is -4.28. The largest absolute Gasteiger partial charge is 0.452 e. The third kappa shape index (κ3) is 6.51. The van der Waals surface area contributed by atoms with Crippen LogP contribution < -0.4 is 15.4 Å². The van der Waals surface area contributed by atoms with Gasteiger partial charge in [0.25, 0.3) is 21.6 Å². The lowest BCUT2D eigenvalue weighted by Gasteiger charge is -2.13. The Morgan fingerprint density at radius 1 is 1.06 bits per heavy atom. The summed E-state index contributed by atoms with van der Waals surface area (Å²) in [6, 6.07) is 9.20. The number of carbonyl (C=O) groups is 3. The van der Waals surface area contributed by atoms with Crippen molar-refractivity contribution >= 4 is 39.3 Å². The molecule has 13 heteroatoms. The summed E-state index contributed by atoms with van der Waals surface area (Å²) in [6.45, 7) is -0.761. The van der Waals surface area contributed by atoms with Gasteiger partial charge in [-0.05, 0) is 31.0 Å². The second-order valence-corrected chi connectivity index (χ2v) is 9.17. The number of benzene rings is 2. The smallest absolute Gasteiger partial charge is 0.340 e. The van der Waals surface area contributed by atoms with E-state index in [0.717, 1.165) is 43.9 Å². The van der Waals surface area contributed by atoms with Gasteiger partial charge in [0.1, 0.15) is 0 Å². The summed E-state index contributed by atoms with van der Waals surface area (Å²) in [5.74, 6) is -1.86. The number of imide groups is 1. The summed E-state index contributed by atoms with van der Waals surface area (Å²) in [5.41, 5.74) is -0.767. The Kier molecular flexibility index (Phi) is 7.79. The van der Waals surface area contributed by atoms with Crippen LogP contribution in [0.1, 0.15) is 36.0 Å². The van der Waals surface area contributed by atoms with Crippen LogP contribution in [0.2, 0.25) is 0 Å². The van der Waals surface area contributed by atoms with Crippen LogP contribution in [0.15, 0.2) is 53.4 Å². The number of non-ortho nitro benzene ring substituents is 1. The number of sulfonamides is 1. The molecule has 0 radical (unpaired) electrons. The summed E-state index contributed by atoms with van der Waals surface area (Å²) in [4.78, 5) is 46.1. The number of anilines is 1. The number of hydrogen-bond donors (Lipinski definition) is 3. The molecule has 3 rings (SSSR count). The van der Waals surface area contributed by atoms with Gasteiger partial charge in [0.05, 0.1) is 21.1 Å². The number of rotatable bonds is 8. The Labute approximate surface area is 194 Å². The van der Waals surface area contributed by atoms with Crippen LogP contribution in [0.25, 0.3) is 0 Å². The Bertz CT molecular complexity index is 1210. The topological polar surface area (TPSA) is 174 Å². The number of ether oxygens (including phenoxy) is 1. The molecule has 2 aromatic rings. The maximum absolute atomic E-state index is 12.7. The molecule has 0 atom stereocenters. The van der Waals surface area contributed by atoms with Crippen molar-refractivity contribution in [2.75, 3.05) is 11.3 Å². The molecule has 0 unspecified atom stereocenters. The highest BCUT2D eigenvalue weighted by molar-refractivity contribution is 7.92. The monoisotopic (exact) mass is 490 g/mol. The van der Waals surface area contributed by atoms with Crippen LogP contribution in [-0.4, -0.2) is 43.9 Å². The van der Waals surface area contributed by atoms with Crippen molar-refractivity contribution in [3.63, 3.8) is 0 Å². The molecule has 3 N–H and O–H groups in total. The van der Waals surface area contributed by atoms with Gasteiger partial charge in [-0.2, -0.15) is 0 Å². The normalized spacial score (nSPS) is 13.6. The molecule has 0 spiro atoms. The van der Waals surface area contributed by atoms with Crippen LogP contribution in [0.5, 0.6) is 0 Å². The molecule has 0 saturated heterocycles. The van der Waals surface area contributed by atoms with Crippen molar-refractivity contribution in [2.24, 2.45) is 0 Å². The van der Waals surface area contributed by atoms with Crippen LogP contribution in [-0.2, 0) is 19.6 Å². The highest BCUT2D eigenvalue weighted by Gasteiger charge is 2.22. The van der Waals surface area contributed by atoms with Gasteiger partial charge < -0.3 is 10.1 Å². The SMILES string of the molecule is O=C(COC(=O)c1ccccc1NS(=O)(=O)c1cccc([N+](=O)[O-])c1)NC(=O)NC1CCCC1. The zero-order chi connectivity index (χ0) is 24.7. The number of nitro benzene ring substituents is 1. The standard InChI is InChI=1S/C21H22N4O8S/c26-19(23-21(28)22-14-6-1-2-7-14)13-33-20(27)17-10-3-4-11-18(17)24-34(31,32)16-9-5-8-15(12-16)25(29)30/h3-5,8-12,14,24H,1-2,6-7,13H2,(H2,22,23,26,28). The van der Waals surface area contributed by atoms with E-state index in [-0.39, 0.29) is 22.2 Å². The quantitative estimate of drug-likeness (QED) is 0.287. The first-order valence-electron chi connectivity index (χ1n) is 10.3. The van der Waals surface area contributed by atoms with Crippen molar-refractivity contribution in [1.29, 1.82) is 0 Å². The molecular weight excluding hydrogens is 468 g/mol. The summed E-state index contributed by atoms with van der Waals surface area (Å²) in [5, 5.41) is 15.7. The van der Waals surface area contributed by atoms with Gasteiger partial charge in [-0.3, -0.25) is 24.9 Å². The molecule has 1 aliphatic carbocycles. The highest BCUT2D eigenvalue weighted by atomic mass is 32.2. The van der Waals surface area contributed by atoms with Crippen molar-refractivity contribution in [2.45, 2.75) is 36.6 Å². The average Bonchev–Trinajstić information content (AvgIpc) is 3.30. The summed E-state index contributed by atoms with van der Waals surface area (Å²) in [7, 11) is -4.28. The van der Waals surface area contributed by atoms with Crippen molar-refractivity contribution in [1.82, 2.24) is 10.6 Å². The predicted octanol–water partition coefficient (Wildman–Crippen LogP) is 2.32. The average molecular weight is 490 g/mol. The van der Waals surface area contributed by atoms with E-state index in [0.29, 0.717) is 0 Å². The molecule has 2 aromatic carbocycles. The predicted molar refractivity (Wildman–Crippen MR) is 120 cm³/mol. The number of para-hydroxylation sites is 1. The second-order valence-electron chi connectivity index (χ2n) is 7.48. The molecule has 1 fully saturated rings. The number of nitrogens with one attached hydrogen (secondary N) is 3. The molecule has 3 amide bonds. The molecule has 0 bridgehead atoms. The van der Waals surface area contributed by atoms with Crippen molar-refractivity contribution in [3.05, 3.63) is 64.2 Å². The van der Waals surface area contributed by atoms with Crippen molar-refractivity contribution < 1.29 is 32.5 Å². The van der Waals surface area contributed by atoms with Crippen LogP contribution in [0, 0.1) is 10.1 Å². The lowest BCUT2D eigenvalue weighted by molar-refractivity contribution is -0.385. The van der Waals surface area contributed by atoms with E-state index in [9.17, 15) is 32.9 Å². The molecule has 1 aliphatic rings. The van der Waals surface area contributed by atoms with Gasteiger partial charge >= 0.3 is 12.0 Å². The summed E-state index contributed by atoms with van der Waals surface area (Å²) >= 11 is 0. The zero-order valence-corrected chi connectivity index (χ0v) is 18.7. The van der Waals surface area contributed by atoms with Gasteiger partial charge in [0, 0.05) is 18.2 Å². The lowest BCUT2D eigenvalue weighted by atomic mass is 10.2. The molecule has 0 aliphatic heterocycles. The number of esters is 1. The van der Waals surface area contributed by atoms with Crippen LogP contribution in [0.3, 0.4) is 0 Å². The molecule has 0 aromatic heterocycles. The minimum absolute atomic E-state index is 0.00120. The number of carbonyl (C=O) groups excluding carboxylic acids is 3. The fraction of sp³-hybridized carbons (Fsp3) is 0.286. The summed E-state index contributed by atoms with van der Waals surface area (Å²) < 4.78 is 32.5. The number of amides is 3. The Morgan fingerprint density at radius 3 is 2.47 bits per heavy atom. The van der Waals surface area contributed by atoms with Crippen LogP contribution in [0.4, 0.5) is 16.2 Å². The van der Waals surface area contributed by atoms with Gasteiger partial charge in [-0.1, -0.05) is 31.0 Å².